The van der Waals surface area contributed by atoms with Crippen molar-refractivity contribution in [2.24, 2.45) is 5.92 Å². The van der Waals surface area contributed by atoms with Crippen molar-refractivity contribution in [3.63, 3.8) is 0 Å². The molecule has 6 heteroatoms. The summed E-state index contributed by atoms with van der Waals surface area (Å²) in [6.45, 7) is 4.67. The Morgan fingerprint density at radius 2 is 1.95 bits per heavy atom. The van der Waals surface area contributed by atoms with Crippen LogP contribution in [0.3, 0.4) is 0 Å². The molecule has 1 aliphatic carbocycles. The lowest BCUT2D eigenvalue weighted by atomic mass is 10.2. The van der Waals surface area contributed by atoms with Gasteiger partial charge in [0.2, 0.25) is 0 Å². The highest BCUT2D eigenvalue weighted by atomic mass is 16.2. The standard InChI is InChI=1S/C13H19N5O/c14-12-4-3-11(15-16-12)13(19)18-7-5-17(6-8-18)9-10-1-2-10/h3-4,10H,1-2,5-9H2,(H2,14,16). The molecule has 3 rings (SSSR count). The Morgan fingerprint density at radius 3 is 2.53 bits per heavy atom. The fourth-order valence-electron chi connectivity index (χ4n) is 2.42. The molecule has 19 heavy (non-hydrogen) atoms. The number of nitrogens with zero attached hydrogens (tertiary/aromatic N) is 4. The van der Waals surface area contributed by atoms with Gasteiger partial charge in [-0.3, -0.25) is 9.69 Å². The maximum atomic E-state index is 12.2. The zero-order chi connectivity index (χ0) is 13.2. The van der Waals surface area contributed by atoms with Gasteiger partial charge in [-0.2, -0.15) is 0 Å². The Bertz CT molecular complexity index is 449. The molecule has 6 nitrogen and oxygen atoms in total. The predicted molar refractivity (Wildman–Crippen MR) is 71.5 cm³/mol. The van der Waals surface area contributed by atoms with Gasteiger partial charge in [0.05, 0.1) is 0 Å². The topological polar surface area (TPSA) is 75.4 Å². The molecule has 2 heterocycles. The van der Waals surface area contributed by atoms with E-state index in [1.54, 1.807) is 12.1 Å². The van der Waals surface area contributed by atoms with Gasteiger partial charge in [0.1, 0.15) is 5.82 Å². The first kappa shape index (κ1) is 12.3. The van der Waals surface area contributed by atoms with Crippen molar-refractivity contribution in [1.29, 1.82) is 0 Å². The van der Waals surface area contributed by atoms with E-state index in [2.05, 4.69) is 15.1 Å². The van der Waals surface area contributed by atoms with E-state index in [1.807, 2.05) is 4.90 Å². The summed E-state index contributed by atoms with van der Waals surface area (Å²) in [5.74, 6) is 1.20. The SMILES string of the molecule is Nc1ccc(C(=O)N2CCN(CC3CC3)CC2)nn1. The number of aromatic nitrogens is 2. The maximum Gasteiger partial charge on any atom is 0.274 e. The zero-order valence-electron chi connectivity index (χ0n) is 11.0. The smallest absolute Gasteiger partial charge is 0.274 e. The van der Waals surface area contributed by atoms with Crippen molar-refractivity contribution < 1.29 is 4.79 Å². The van der Waals surface area contributed by atoms with E-state index in [-0.39, 0.29) is 5.91 Å². The third kappa shape index (κ3) is 3.01. The van der Waals surface area contributed by atoms with Crippen molar-refractivity contribution in [1.82, 2.24) is 20.0 Å². The summed E-state index contributed by atoms with van der Waals surface area (Å²) in [5, 5.41) is 7.58. The summed E-state index contributed by atoms with van der Waals surface area (Å²) in [4.78, 5) is 16.5. The normalized spacial score (nSPS) is 20.5. The summed E-state index contributed by atoms with van der Waals surface area (Å²) in [5.41, 5.74) is 5.85. The third-order valence-corrected chi connectivity index (χ3v) is 3.78. The largest absolute Gasteiger partial charge is 0.382 e. The molecule has 0 bridgehead atoms. The molecule has 102 valence electrons. The second-order valence-electron chi connectivity index (χ2n) is 5.38. The van der Waals surface area contributed by atoms with Gasteiger partial charge in [-0.1, -0.05) is 0 Å². The molecule has 0 unspecified atom stereocenters. The van der Waals surface area contributed by atoms with Crippen LogP contribution >= 0.6 is 0 Å². The monoisotopic (exact) mass is 261 g/mol. The van der Waals surface area contributed by atoms with Gasteiger partial charge < -0.3 is 10.6 Å². The lowest BCUT2D eigenvalue weighted by Gasteiger charge is -2.34. The second-order valence-corrected chi connectivity index (χ2v) is 5.38. The number of carbonyl (C=O) groups is 1. The Balaban J connectivity index is 1.55. The average Bonchev–Trinajstić information content (AvgIpc) is 3.24. The van der Waals surface area contributed by atoms with Gasteiger partial charge in [0.15, 0.2) is 5.69 Å². The highest BCUT2D eigenvalue weighted by Crippen LogP contribution is 2.29. The first-order chi connectivity index (χ1) is 9.22. The predicted octanol–water partition coefficient (Wildman–Crippen LogP) is 0.227. The van der Waals surface area contributed by atoms with E-state index in [0.29, 0.717) is 11.5 Å². The molecule has 1 saturated heterocycles. The van der Waals surface area contributed by atoms with Crippen LogP contribution in [-0.2, 0) is 0 Å². The van der Waals surface area contributed by atoms with E-state index < -0.39 is 0 Å². The first-order valence-electron chi connectivity index (χ1n) is 6.83. The number of rotatable bonds is 3. The molecule has 1 aliphatic heterocycles. The quantitative estimate of drug-likeness (QED) is 0.843. The van der Waals surface area contributed by atoms with Crippen LogP contribution in [0.4, 0.5) is 5.82 Å². The summed E-state index contributed by atoms with van der Waals surface area (Å²) in [6, 6.07) is 3.25. The summed E-state index contributed by atoms with van der Waals surface area (Å²) in [6.07, 6.45) is 2.75. The Hall–Kier alpha value is -1.69. The van der Waals surface area contributed by atoms with Crippen molar-refractivity contribution in [2.75, 3.05) is 38.5 Å². The number of carbonyl (C=O) groups excluding carboxylic acids is 1. The fraction of sp³-hybridized carbons (Fsp3) is 0.615. The van der Waals surface area contributed by atoms with Crippen LogP contribution in [0.5, 0.6) is 0 Å². The van der Waals surface area contributed by atoms with Crippen LogP contribution in [-0.4, -0.2) is 58.6 Å². The van der Waals surface area contributed by atoms with E-state index in [9.17, 15) is 4.79 Å². The van der Waals surface area contributed by atoms with E-state index >= 15 is 0 Å². The van der Waals surface area contributed by atoms with Crippen molar-refractivity contribution in [3.05, 3.63) is 17.8 Å². The molecule has 0 aromatic carbocycles. The average molecular weight is 261 g/mol. The minimum Gasteiger partial charge on any atom is -0.382 e. The van der Waals surface area contributed by atoms with Gasteiger partial charge in [-0.25, -0.2) is 0 Å². The molecular formula is C13H19N5O. The van der Waals surface area contributed by atoms with E-state index in [0.717, 1.165) is 32.1 Å². The molecule has 1 aromatic heterocycles. The third-order valence-electron chi connectivity index (χ3n) is 3.78. The molecular weight excluding hydrogens is 242 g/mol. The second kappa shape index (κ2) is 5.13. The number of nitrogen functional groups attached to an aromatic ring is 1. The van der Waals surface area contributed by atoms with Crippen molar-refractivity contribution >= 4 is 11.7 Å². The molecule has 2 fully saturated rings. The summed E-state index contributed by atoms with van der Waals surface area (Å²) < 4.78 is 0. The number of hydrogen-bond acceptors (Lipinski definition) is 5. The fourth-order valence-corrected chi connectivity index (χ4v) is 2.42. The highest BCUT2D eigenvalue weighted by Gasteiger charge is 2.28. The minimum absolute atomic E-state index is 0.0430. The molecule has 0 atom stereocenters. The lowest BCUT2D eigenvalue weighted by molar-refractivity contribution is 0.0625. The maximum absolute atomic E-state index is 12.2. The molecule has 1 aromatic rings. The van der Waals surface area contributed by atoms with Crippen LogP contribution in [0, 0.1) is 5.92 Å². The molecule has 1 amide bonds. The summed E-state index contributed by atoms with van der Waals surface area (Å²) >= 11 is 0. The zero-order valence-corrected chi connectivity index (χ0v) is 11.0. The van der Waals surface area contributed by atoms with Crippen LogP contribution in [0.2, 0.25) is 0 Å². The van der Waals surface area contributed by atoms with Crippen LogP contribution in [0.1, 0.15) is 23.3 Å². The highest BCUT2D eigenvalue weighted by molar-refractivity contribution is 5.92. The summed E-state index contributed by atoms with van der Waals surface area (Å²) in [7, 11) is 0. The molecule has 1 saturated carbocycles. The minimum atomic E-state index is -0.0430. The van der Waals surface area contributed by atoms with Crippen molar-refractivity contribution in [2.45, 2.75) is 12.8 Å². The first-order valence-corrected chi connectivity index (χ1v) is 6.83. The van der Waals surface area contributed by atoms with Crippen molar-refractivity contribution in [3.8, 4) is 0 Å². The van der Waals surface area contributed by atoms with Crippen LogP contribution in [0.25, 0.3) is 0 Å². The lowest BCUT2D eigenvalue weighted by Crippen LogP contribution is -2.49. The van der Waals surface area contributed by atoms with Gasteiger partial charge in [-0.05, 0) is 30.9 Å². The molecule has 0 spiro atoms. The van der Waals surface area contributed by atoms with E-state index in [4.69, 9.17) is 5.73 Å². The number of piperazine rings is 1. The molecule has 0 radical (unpaired) electrons. The van der Waals surface area contributed by atoms with Gasteiger partial charge >= 0.3 is 0 Å². The molecule has 2 aliphatic rings. The van der Waals surface area contributed by atoms with Gasteiger partial charge in [-0.15, -0.1) is 10.2 Å². The number of amides is 1. The number of nitrogens with two attached hydrogens (primary N) is 1. The van der Waals surface area contributed by atoms with E-state index in [1.165, 1.54) is 19.4 Å². The van der Waals surface area contributed by atoms with Gasteiger partial charge in [0.25, 0.3) is 5.91 Å². The number of anilines is 1. The van der Waals surface area contributed by atoms with Gasteiger partial charge in [0, 0.05) is 32.7 Å². The molecule has 2 N–H and O–H groups in total. The Morgan fingerprint density at radius 1 is 1.21 bits per heavy atom. The van der Waals surface area contributed by atoms with Crippen LogP contribution in [0.15, 0.2) is 12.1 Å². The van der Waals surface area contributed by atoms with Crippen LogP contribution < -0.4 is 5.73 Å². The Labute approximate surface area is 112 Å². The number of hydrogen-bond donors (Lipinski definition) is 1. The Kier molecular flexibility index (Phi) is 3.33.